The van der Waals surface area contributed by atoms with Gasteiger partial charge in [0.1, 0.15) is 0 Å². The topological polar surface area (TPSA) is 32.7 Å². The van der Waals surface area contributed by atoms with Crippen molar-refractivity contribution in [2.75, 3.05) is 20.2 Å². The van der Waals surface area contributed by atoms with Gasteiger partial charge in [0.25, 0.3) is 0 Å². The molecule has 0 bridgehead atoms. The SMILES string of the molecule is COC1(C)CCCN(C2CC(C)CCC2O)C1. The third-order valence-electron chi connectivity index (χ3n) is 4.69. The lowest BCUT2D eigenvalue weighted by atomic mass is 9.82. The van der Waals surface area contributed by atoms with E-state index in [1.807, 2.05) is 7.11 Å². The molecule has 1 aliphatic carbocycles. The molecule has 0 radical (unpaired) electrons. The molecule has 0 amide bonds. The Bertz CT molecular complexity index is 259. The van der Waals surface area contributed by atoms with Gasteiger partial charge in [0.05, 0.1) is 11.7 Å². The number of hydrogen-bond acceptors (Lipinski definition) is 3. The molecule has 3 heteroatoms. The van der Waals surface area contributed by atoms with Gasteiger partial charge in [0.2, 0.25) is 0 Å². The maximum absolute atomic E-state index is 10.2. The number of aliphatic hydroxyl groups is 1. The molecule has 2 fully saturated rings. The molecule has 0 aromatic rings. The van der Waals surface area contributed by atoms with E-state index >= 15 is 0 Å². The van der Waals surface area contributed by atoms with E-state index < -0.39 is 0 Å². The van der Waals surface area contributed by atoms with Crippen molar-refractivity contribution in [3.63, 3.8) is 0 Å². The lowest BCUT2D eigenvalue weighted by Gasteiger charge is -2.46. The molecule has 4 unspecified atom stereocenters. The average molecular weight is 241 g/mol. The minimum Gasteiger partial charge on any atom is -0.391 e. The van der Waals surface area contributed by atoms with Crippen LogP contribution in [-0.4, -0.2) is 48.0 Å². The highest BCUT2D eigenvalue weighted by molar-refractivity contribution is 4.92. The second-order valence-corrected chi connectivity index (χ2v) is 6.28. The lowest BCUT2D eigenvalue weighted by Crippen LogP contribution is -2.55. The van der Waals surface area contributed by atoms with Crippen LogP contribution in [0.1, 0.15) is 46.0 Å². The van der Waals surface area contributed by atoms with Crippen LogP contribution < -0.4 is 0 Å². The first-order valence-electron chi connectivity index (χ1n) is 7.01. The Kier molecular flexibility index (Phi) is 4.11. The fourth-order valence-electron chi connectivity index (χ4n) is 3.42. The van der Waals surface area contributed by atoms with E-state index in [1.165, 1.54) is 12.8 Å². The predicted octanol–water partition coefficient (Wildman–Crippen LogP) is 2.04. The van der Waals surface area contributed by atoms with Crippen molar-refractivity contribution in [3.8, 4) is 0 Å². The van der Waals surface area contributed by atoms with Crippen LogP contribution in [0.3, 0.4) is 0 Å². The second kappa shape index (κ2) is 5.25. The maximum atomic E-state index is 10.2. The van der Waals surface area contributed by atoms with Crippen LogP contribution in [0.4, 0.5) is 0 Å². The zero-order chi connectivity index (χ0) is 12.5. The average Bonchev–Trinajstić information content (AvgIpc) is 2.32. The number of methoxy groups -OCH3 is 1. The molecule has 100 valence electrons. The third kappa shape index (κ3) is 3.01. The number of hydrogen-bond donors (Lipinski definition) is 1. The van der Waals surface area contributed by atoms with Crippen LogP contribution >= 0.6 is 0 Å². The van der Waals surface area contributed by atoms with Crippen molar-refractivity contribution in [3.05, 3.63) is 0 Å². The summed E-state index contributed by atoms with van der Waals surface area (Å²) in [6, 6.07) is 0.355. The highest BCUT2D eigenvalue weighted by Gasteiger charge is 2.38. The number of likely N-dealkylation sites (tertiary alicyclic amines) is 1. The van der Waals surface area contributed by atoms with Gasteiger partial charge < -0.3 is 9.84 Å². The fourth-order valence-corrected chi connectivity index (χ4v) is 3.42. The van der Waals surface area contributed by atoms with E-state index in [4.69, 9.17) is 4.74 Å². The Morgan fingerprint density at radius 3 is 2.82 bits per heavy atom. The highest BCUT2D eigenvalue weighted by atomic mass is 16.5. The minimum atomic E-state index is -0.134. The Morgan fingerprint density at radius 1 is 1.35 bits per heavy atom. The van der Waals surface area contributed by atoms with E-state index in [0.29, 0.717) is 6.04 Å². The summed E-state index contributed by atoms with van der Waals surface area (Å²) in [6.45, 7) is 6.58. The summed E-state index contributed by atoms with van der Waals surface area (Å²) in [5.41, 5.74) is -0.0152. The third-order valence-corrected chi connectivity index (χ3v) is 4.69. The molecule has 2 rings (SSSR count). The first-order valence-corrected chi connectivity index (χ1v) is 7.01. The minimum absolute atomic E-state index is 0.0152. The van der Waals surface area contributed by atoms with Crippen LogP contribution in [0.5, 0.6) is 0 Å². The number of rotatable bonds is 2. The van der Waals surface area contributed by atoms with Crippen molar-refractivity contribution in [1.82, 2.24) is 4.90 Å². The monoisotopic (exact) mass is 241 g/mol. The van der Waals surface area contributed by atoms with Gasteiger partial charge in [-0.15, -0.1) is 0 Å². The van der Waals surface area contributed by atoms with Crippen molar-refractivity contribution in [1.29, 1.82) is 0 Å². The summed E-state index contributed by atoms with van der Waals surface area (Å²) < 4.78 is 5.64. The van der Waals surface area contributed by atoms with Crippen molar-refractivity contribution in [2.24, 2.45) is 5.92 Å². The molecule has 1 heterocycles. The van der Waals surface area contributed by atoms with Gasteiger partial charge in [0, 0.05) is 19.7 Å². The van der Waals surface area contributed by atoms with E-state index in [0.717, 1.165) is 38.3 Å². The van der Waals surface area contributed by atoms with Gasteiger partial charge in [-0.2, -0.15) is 0 Å². The maximum Gasteiger partial charge on any atom is 0.0777 e. The van der Waals surface area contributed by atoms with E-state index in [1.54, 1.807) is 0 Å². The number of aliphatic hydroxyl groups excluding tert-OH is 1. The van der Waals surface area contributed by atoms with Crippen molar-refractivity contribution in [2.45, 2.75) is 63.7 Å². The highest BCUT2D eigenvalue weighted by Crippen LogP contribution is 2.32. The quantitative estimate of drug-likeness (QED) is 0.803. The molecule has 4 atom stereocenters. The first-order chi connectivity index (χ1) is 8.04. The van der Waals surface area contributed by atoms with Crippen LogP contribution in [0, 0.1) is 5.92 Å². The molecule has 0 spiro atoms. The lowest BCUT2D eigenvalue weighted by molar-refractivity contribution is -0.0866. The molecule has 2 aliphatic rings. The van der Waals surface area contributed by atoms with Gasteiger partial charge in [0.15, 0.2) is 0 Å². The van der Waals surface area contributed by atoms with E-state index in [2.05, 4.69) is 18.7 Å². The van der Waals surface area contributed by atoms with E-state index in [-0.39, 0.29) is 11.7 Å². The predicted molar refractivity (Wildman–Crippen MR) is 69.0 cm³/mol. The summed E-state index contributed by atoms with van der Waals surface area (Å²) in [6.07, 6.45) is 5.46. The number of piperidine rings is 1. The number of ether oxygens (including phenoxy) is 1. The van der Waals surface area contributed by atoms with Crippen LogP contribution in [0.15, 0.2) is 0 Å². The summed E-state index contributed by atoms with van der Waals surface area (Å²) in [7, 11) is 1.81. The number of nitrogens with zero attached hydrogens (tertiary/aromatic N) is 1. The van der Waals surface area contributed by atoms with Crippen molar-refractivity contribution >= 4 is 0 Å². The molecule has 1 saturated heterocycles. The molecule has 3 nitrogen and oxygen atoms in total. The molecular formula is C14H27NO2. The van der Waals surface area contributed by atoms with E-state index in [9.17, 15) is 5.11 Å². The largest absolute Gasteiger partial charge is 0.391 e. The van der Waals surface area contributed by atoms with Gasteiger partial charge in [-0.25, -0.2) is 0 Å². The smallest absolute Gasteiger partial charge is 0.0777 e. The fraction of sp³-hybridized carbons (Fsp3) is 1.00. The molecule has 1 saturated carbocycles. The summed E-state index contributed by atoms with van der Waals surface area (Å²) >= 11 is 0. The van der Waals surface area contributed by atoms with Gasteiger partial charge >= 0.3 is 0 Å². The zero-order valence-electron chi connectivity index (χ0n) is 11.5. The standard InChI is InChI=1S/C14H27NO2/c1-11-5-6-13(16)12(9-11)15-8-4-7-14(2,10-15)17-3/h11-13,16H,4-10H2,1-3H3. The Labute approximate surface area is 105 Å². The molecule has 1 N–H and O–H groups in total. The van der Waals surface area contributed by atoms with Gasteiger partial charge in [-0.05, 0) is 51.5 Å². The molecular weight excluding hydrogens is 214 g/mol. The summed E-state index contributed by atoms with van der Waals surface area (Å²) in [5, 5.41) is 10.2. The molecule has 17 heavy (non-hydrogen) atoms. The van der Waals surface area contributed by atoms with Gasteiger partial charge in [-0.1, -0.05) is 6.92 Å². The van der Waals surface area contributed by atoms with Crippen LogP contribution in [0.2, 0.25) is 0 Å². The zero-order valence-corrected chi connectivity index (χ0v) is 11.5. The Balaban J connectivity index is 2.00. The summed E-state index contributed by atoms with van der Waals surface area (Å²) in [4.78, 5) is 2.47. The molecule has 0 aromatic heterocycles. The summed E-state index contributed by atoms with van der Waals surface area (Å²) in [5.74, 6) is 0.749. The molecule has 0 aromatic carbocycles. The Morgan fingerprint density at radius 2 is 2.12 bits per heavy atom. The first kappa shape index (κ1) is 13.3. The van der Waals surface area contributed by atoms with Crippen LogP contribution in [-0.2, 0) is 4.74 Å². The van der Waals surface area contributed by atoms with Crippen LogP contribution in [0.25, 0.3) is 0 Å². The Hall–Kier alpha value is -0.120. The normalized spacial score (nSPS) is 44.8. The van der Waals surface area contributed by atoms with Gasteiger partial charge in [-0.3, -0.25) is 4.90 Å². The molecule has 1 aliphatic heterocycles. The van der Waals surface area contributed by atoms with Crippen molar-refractivity contribution < 1.29 is 9.84 Å². The second-order valence-electron chi connectivity index (χ2n) is 6.28.